The largest absolute Gasteiger partial charge is 0.356 e. The average Bonchev–Trinajstić information content (AvgIpc) is 3.75. The van der Waals surface area contributed by atoms with Gasteiger partial charge in [-0.1, -0.05) is 91.3 Å². The summed E-state index contributed by atoms with van der Waals surface area (Å²) in [5, 5.41) is 6.36. The molecule has 0 radical (unpaired) electrons. The number of rotatable bonds is 7. The van der Waals surface area contributed by atoms with E-state index in [9.17, 15) is 9.59 Å². The van der Waals surface area contributed by atoms with Crippen LogP contribution in [0, 0.1) is 23.2 Å². The Balaban J connectivity index is 0.000000189. The number of amides is 2. The Hall–Kier alpha value is -2.18. The van der Waals surface area contributed by atoms with Crippen LogP contribution in [-0.2, 0) is 9.59 Å². The van der Waals surface area contributed by atoms with Gasteiger partial charge in [-0.25, -0.2) is 0 Å². The molecule has 5 rings (SSSR count). The molecule has 6 heteroatoms. The second-order valence-corrected chi connectivity index (χ2v) is 12.7. The molecule has 39 heavy (non-hydrogen) atoms. The molecule has 1 aromatic rings. The fraction of sp³-hybridized carbons (Fsp3) is 0.576. The van der Waals surface area contributed by atoms with Crippen molar-refractivity contribution in [1.82, 2.24) is 15.5 Å². The van der Waals surface area contributed by atoms with E-state index in [1.54, 1.807) is 0 Å². The molecule has 4 aliphatic rings. The number of nitrogens with one attached hydrogen (secondary N) is 2. The van der Waals surface area contributed by atoms with E-state index in [2.05, 4.69) is 76.5 Å². The smallest absolute Gasteiger partial charge is 0.229 e. The van der Waals surface area contributed by atoms with Crippen LogP contribution in [0.3, 0.4) is 0 Å². The zero-order chi connectivity index (χ0) is 28.1. The molecular formula is C33H48BrN3O2. The van der Waals surface area contributed by atoms with Crippen LogP contribution in [0.5, 0.6) is 0 Å². The molecule has 2 aliphatic carbocycles. The van der Waals surface area contributed by atoms with Gasteiger partial charge in [0.2, 0.25) is 11.8 Å². The van der Waals surface area contributed by atoms with Gasteiger partial charge in [0.05, 0.1) is 5.41 Å². The van der Waals surface area contributed by atoms with Crippen LogP contribution in [0.4, 0.5) is 0 Å². The Morgan fingerprint density at radius 3 is 2.28 bits per heavy atom. The van der Waals surface area contributed by atoms with Crippen molar-refractivity contribution in [2.75, 3.05) is 32.7 Å². The Morgan fingerprint density at radius 1 is 1.05 bits per heavy atom. The predicted octanol–water partition coefficient (Wildman–Crippen LogP) is 6.64. The summed E-state index contributed by atoms with van der Waals surface area (Å²) in [6, 6.07) is 12.0. The molecule has 5 nitrogen and oxygen atoms in total. The van der Waals surface area contributed by atoms with Crippen molar-refractivity contribution in [3.05, 3.63) is 70.8 Å². The van der Waals surface area contributed by atoms with Gasteiger partial charge in [0.1, 0.15) is 0 Å². The maximum absolute atomic E-state index is 12.7. The zero-order valence-electron chi connectivity index (χ0n) is 24.1. The van der Waals surface area contributed by atoms with E-state index in [0.717, 1.165) is 69.3 Å². The van der Waals surface area contributed by atoms with Gasteiger partial charge in [-0.2, -0.15) is 0 Å². The first-order chi connectivity index (χ1) is 18.8. The summed E-state index contributed by atoms with van der Waals surface area (Å²) in [5.74, 6) is 2.57. The van der Waals surface area contributed by atoms with Gasteiger partial charge in [0.25, 0.3) is 0 Å². The minimum absolute atomic E-state index is 0.0528. The van der Waals surface area contributed by atoms with Crippen LogP contribution in [0.2, 0.25) is 0 Å². The molecule has 1 atom stereocenters. The molecule has 0 unspecified atom stereocenters. The molecule has 3 fully saturated rings. The molecule has 2 amide bonds. The molecule has 214 valence electrons. The van der Waals surface area contributed by atoms with Crippen molar-refractivity contribution < 1.29 is 9.59 Å². The van der Waals surface area contributed by atoms with E-state index >= 15 is 0 Å². The van der Waals surface area contributed by atoms with E-state index in [0.29, 0.717) is 23.7 Å². The summed E-state index contributed by atoms with van der Waals surface area (Å²) in [6.45, 7) is 11.1. The number of hydrogen-bond acceptors (Lipinski definition) is 3. The van der Waals surface area contributed by atoms with Crippen LogP contribution >= 0.6 is 15.9 Å². The molecule has 1 aromatic carbocycles. The van der Waals surface area contributed by atoms with Crippen LogP contribution in [-0.4, -0.2) is 49.4 Å². The summed E-state index contributed by atoms with van der Waals surface area (Å²) < 4.78 is 1.09. The lowest BCUT2D eigenvalue weighted by Crippen LogP contribution is -2.43. The zero-order valence-corrected chi connectivity index (χ0v) is 25.7. The van der Waals surface area contributed by atoms with Crippen LogP contribution in [0.15, 0.2) is 70.8 Å². The number of benzene rings is 1. The molecule has 1 spiro atoms. The van der Waals surface area contributed by atoms with Crippen LogP contribution in [0.25, 0.3) is 0 Å². The van der Waals surface area contributed by atoms with Crippen LogP contribution < -0.4 is 10.6 Å². The fourth-order valence-electron chi connectivity index (χ4n) is 4.97. The molecule has 2 aliphatic heterocycles. The third-order valence-corrected chi connectivity index (χ3v) is 8.82. The summed E-state index contributed by atoms with van der Waals surface area (Å²) in [5.41, 5.74) is 1.26. The van der Waals surface area contributed by atoms with Gasteiger partial charge in [0.15, 0.2) is 0 Å². The highest BCUT2D eigenvalue weighted by atomic mass is 79.9. The number of halogens is 1. The minimum atomic E-state index is -0.0528. The fourth-order valence-corrected chi connectivity index (χ4v) is 5.29. The van der Waals surface area contributed by atoms with Crippen molar-refractivity contribution in [1.29, 1.82) is 0 Å². The lowest BCUT2D eigenvalue weighted by Gasteiger charge is -2.32. The number of nitrogens with zero attached hydrogens (tertiary/aromatic N) is 1. The van der Waals surface area contributed by atoms with E-state index in [4.69, 9.17) is 0 Å². The highest BCUT2D eigenvalue weighted by molar-refractivity contribution is 9.11. The second kappa shape index (κ2) is 16.2. The van der Waals surface area contributed by atoms with Gasteiger partial charge >= 0.3 is 0 Å². The Morgan fingerprint density at radius 2 is 1.69 bits per heavy atom. The van der Waals surface area contributed by atoms with Crippen molar-refractivity contribution in [2.45, 2.75) is 65.7 Å². The lowest BCUT2D eigenvalue weighted by molar-refractivity contribution is -0.137. The van der Waals surface area contributed by atoms with Crippen molar-refractivity contribution >= 4 is 27.7 Å². The normalized spacial score (nSPS) is 20.6. The lowest BCUT2D eigenvalue weighted by atomic mass is 9.78. The van der Waals surface area contributed by atoms with Gasteiger partial charge in [0, 0.05) is 30.5 Å². The second-order valence-electron chi connectivity index (χ2n) is 11.8. The third kappa shape index (κ3) is 11.1. The SMILES string of the molecule is CC(C)[C@@H](C)CNC(=O)CC1CC1.O=C1N(CC2=CC=C(Br)C=CC2)CCC12CCNCC2.c1ccccc1. The first-order valence-electron chi connectivity index (χ1n) is 14.8. The average molecular weight is 599 g/mol. The predicted molar refractivity (Wildman–Crippen MR) is 165 cm³/mol. The molecule has 2 saturated heterocycles. The topological polar surface area (TPSA) is 61.4 Å². The van der Waals surface area contributed by atoms with Crippen LogP contribution in [0.1, 0.15) is 65.7 Å². The van der Waals surface area contributed by atoms with Crippen molar-refractivity contribution in [3.63, 3.8) is 0 Å². The minimum Gasteiger partial charge on any atom is -0.356 e. The third-order valence-electron chi connectivity index (χ3n) is 8.29. The van der Waals surface area contributed by atoms with Gasteiger partial charge in [-0.3, -0.25) is 9.59 Å². The van der Waals surface area contributed by atoms with Crippen molar-refractivity contribution in [2.24, 2.45) is 23.2 Å². The highest BCUT2D eigenvalue weighted by Crippen LogP contribution is 2.40. The number of carbonyl (C=O) groups is 2. The standard InChI is InChI=1S/C16H21BrN2O.C11H21NO.C6H6/c17-14-3-1-2-13(4-5-14)12-19-11-8-16(15(19)20)6-9-18-10-7-16;1-8(2)9(3)7-12-11(13)6-10-4-5-10;1-2-4-6-5-3-1/h1,3-5,18H,2,6-12H2;8-10H,4-7H2,1-3H3,(H,12,13);1-6H/t;9-;/m.0./s1. The summed E-state index contributed by atoms with van der Waals surface area (Å²) in [4.78, 5) is 26.1. The maximum atomic E-state index is 12.7. The molecule has 2 heterocycles. The number of carbonyl (C=O) groups excluding carboxylic acids is 2. The molecule has 2 N–H and O–H groups in total. The summed E-state index contributed by atoms with van der Waals surface area (Å²) in [6.07, 6.45) is 15.7. The number of likely N-dealkylation sites (tertiary alicyclic amines) is 1. The van der Waals surface area contributed by atoms with Gasteiger partial charge in [-0.05, 0) is 81.0 Å². The summed E-state index contributed by atoms with van der Waals surface area (Å²) >= 11 is 3.49. The first-order valence-corrected chi connectivity index (χ1v) is 15.6. The van der Waals surface area contributed by atoms with E-state index in [-0.39, 0.29) is 11.3 Å². The highest BCUT2D eigenvalue weighted by Gasteiger charge is 2.46. The Labute approximate surface area is 244 Å². The van der Waals surface area contributed by atoms with E-state index in [1.807, 2.05) is 36.4 Å². The molecule has 0 bridgehead atoms. The number of allylic oxidation sites excluding steroid dienone is 5. The van der Waals surface area contributed by atoms with Gasteiger partial charge in [-0.15, -0.1) is 0 Å². The summed E-state index contributed by atoms with van der Waals surface area (Å²) in [7, 11) is 0. The monoisotopic (exact) mass is 597 g/mol. The first kappa shape index (κ1) is 31.3. The van der Waals surface area contributed by atoms with E-state index < -0.39 is 0 Å². The maximum Gasteiger partial charge on any atom is 0.229 e. The molecule has 0 aromatic heterocycles. The number of piperidine rings is 1. The number of hydrogen-bond donors (Lipinski definition) is 2. The Bertz CT molecular complexity index is 965. The molecular weight excluding hydrogens is 550 g/mol. The van der Waals surface area contributed by atoms with E-state index in [1.165, 1.54) is 18.4 Å². The van der Waals surface area contributed by atoms with Gasteiger partial charge < -0.3 is 15.5 Å². The molecule has 1 saturated carbocycles. The van der Waals surface area contributed by atoms with Crippen molar-refractivity contribution in [3.8, 4) is 0 Å². The quantitative estimate of drug-likeness (QED) is 0.370. The Kier molecular flexibility index (Phi) is 13.0.